The number of carbonyl (C=O) groups is 1. The van der Waals surface area contributed by atoms with Crippen molar-refractivity contribution in [3.05, 3.63) is 53.6 Å². The van der Waals surface area contributed by atoms with Crippen LogP contribution in [0.25, 0.3) is 0 Å². The Kier molecular flexibility index (Phi) is 5.78. The molecule has 0 aromatic heterocycles. The lowest BCUT2D eigenvalue weighted by Gasteiger charge is -2.12. The van der Waals surface area contributed by atoms with E-state index in [0.29, 0.717) is 17.1 Å². The molecule has 0 aliphatic heterocycles. The molecule has 0 unspecified atom stereocenters. The van der Waals surface area contributed by atoms with Gasteiger partial charge in [-0.15, -0.1) is 0 Å². The van der Waals surface area contributed by atoms with Gasteiger partial charge in [-0.25, -0.2) is 0 Å². The highest BCUT2D eigenvalue weighted by Crippen LogP contribution is 2.27. The van der Waals surface area contributed by atoms with Crippen LogP contribution in [0.2, 0.25) is 0 Å². The number of oxime groups is 1. The molecule has 126 valence electrons. The highest BCUT2D eigenvalue weighted by molar-refractivity contribution is 6.04. The first-order chi connectivity index (χ1) is 11.5. The Morgan fingerprint density at radius 3 is 2.58 bits per heavy atom. The number of methoxy groups -OCH3 is 1. The minimum Gasteiger partial charge on any atom is -0.507 e. The third kappa shape index (κ3) is 4.25. The number of carbonyl (C=O) groups excluding carboxylic acids is 1. The van der Waals surface area contributed by atoms with E-state index in [1.807, 2.05) is 24.3 Å². The summed E-state index contributed by atoms with van der Waals surface area (Å²) in [7, 11) is 1.56. The molecule has 0 aliphatic rings. The van der Waals surface area contributed by atoms with Gasteiger partial charge < -0.3 is 19.8 Å². The Morgan fingerprint density at radius 1 is 1.21 bits per heavy atom. The van der Waals surface area contributed by atoms with Gasteiger partial charge in [0.2, 0.25) is 0 Å². The van der Waals surface area contributed by atoms with Gasteiger partial charge in [0.05, 0.1) is 12.8 Å². The maximum absolute atomic E-state index is 10.9. The lowest BCUT2D eigenvalue weighted by atomic mass is 10.0. The van der Waals surface area contributed by atoms with E-state index >= 15 is 0 Å². The number of ether oxygens (including phenoxy) is 2. The molecular weight excluding hydrogens is 310 g/mol. The van der Waals surface area contributed by atoms with Crippen LogP contribution in [0.1, 0.15) is 18.1 Å². The van der Waals surface area contributed by atoms with Crippen LogP contribution in [0.5, 0.6) is 17.2 Å². The molecule has 0 spiro atoms. The molecule has 0 amide bonds. The molecule has 0 bridgehead atoms. The normalized spacial score (nSPS) is 11.2. The second kappa shape index (κ2) is 8.01. The zero-order valence-electron chi connectivity index (χ0n) is 13.5. The monoisotopic (exact) mass is 329 g/mol. The molecule has 0 heterocycles. The topological polar surface area (TPSA) is 88.4 Å². The molecule has 2 aromatic carbocycles. The van der Waals surface area contributed by atoms with Crippen LogP contribution in [0, 0.1) is 0 Å². The van der Waals surface area contributed by atoms with Crippen LogP contribution in [-0.4, -0.2) is 35.5 Å². The summed E-state index contributed by atoms with van der Waals surface area (Å²) in [4.78, 5) is 10.9. The van der Waals surface area contributed by atoms with Gasteiger partial charge in [-0.3, -0.25) is 4.79 Å². The Hall–Kier alpha value is -3.02. The first kappa shape index (κ1) is 17.3. The van der Waals surface area contributed by atoms with E-state index in [1.165, 1.54) is 13.0 Å². The predicted octanol–water partition coefficient (Wildman–Crippen LogP) is 2.79. The van der Waals surface area contributed by atoms with Crippen LogP contribution in [0.15, 0.2) is 47.6 Å². The zero-order valence-corrected chi connectivity index (χ0v) is 13.5. The molecule has 2 N–H and O–H groups in total. The van der Waals surface area contributed by atoms with Gasteiger partial charge in [0.1, 0.15) is 23.9 Å². The van der Waals surface area contributed by atoms with E-state index < -0.39 is 0 Å². The molecule has 6 nitrogen and oxygen atoms in total. The van der Waals surface area contributed by atoms with Crippen LogP contribution in [0.3, 0.4) is 0 Å². The van der Waals surface area contributed by atoms with Gasteiger partial charge in [-0.1, -0.05) is 23.4 Å². The van der Waals surface area contributed by atoms with Crippen LogP contribution < -0.4 is 9.47 Å². The molecule has 0 fully saturated rings. The first-order valence-corrected chi connectivity index (χ1v) is 7.33. The number of aromatic hydroxyl groups is 1. The number of phenolic OH excluding ortho intramolecular Hbond substituents is 1. The molecule has 6 heteroatoms. The number of benzene rings is 2. The fraction of sp³-hybridized carbons (Fsp3) is 0.222. The Balaban J connectivity index is 2.23. The summed E-state index contributed by atoms with van der Waals surface area (Å²) in [6.07, 6.45) is 0.279. The standard InChI is InChI=1S/C18H19NO5/c1-12(20)11-24-14-7-8-15(17(21)10-14)16(19-22)9-13-5-3-4-6-18(13)23-2/h3-8,10,21-22H,9,11H2,1-2H3. The van der Waals surface area contributed by atoms with Crippen LogP contribution >= 0.6 is 0 Å². The number of Topliss-reactive ketones (excluding diaryl/α,β-unsaturated/α-hetero) is 1. The zero-order chi connectivity index (χ0) is 17.5. The molecule has 0 radical (unpaired) electrons. The SMILES string of the molecule is COc1ccccc1CC(=NO)c1ccc(OCC(C)=O)cc1O. The van der Waals surface area contributed by atoms with Crippen molar-refractivity contribution in [1.29, 1.82) is 0 Å². The number of nitrogens with zero attached hydrogens (tertiary/aromatic N) is 1. The number of phenols is 1. The van der Waals surface area contributed by atoms with E-state index in [1.54, 1.807) is 19.2 Å². The summed E-state index contributed by atoms with van der Waals surface area (Å²) in [5, 5.41) is 22.8. The Labute approximate surface area is 140 Å². The summed E-state index contributed by atoms with van der Waals surface area (Å²) < 4.78 is 10.5. The van der Waals surface area contributed by atoms with Crippen molar-refractivity contribution in [2.75, 3.05) is 13.7 Å². The van der Waals surface area contributed by atoms with Crippen LogP contribution in [0.4, 0.5) is 0 Å². The van der Waals surface area contributed by atoms with Crippen LogP contribution in [-0.2, 0) is 11.2 Å². The predicted molar refractivity (Wildman–Crippen MR) is 89.3 cm³/mol. The molecule has 2 aromatic rings. The van der Waals surface area contributed by atoms with E-state index in [4.69, 9.17) is 9.47 Å². The molecule has 24 heavy (non-hydrogen) atoms. The van der Waals surface area contributed by atoms with Gasteiger partial charge in [0.15, 0.2) is 5.78 Å². The third-order valence-electron chi connectivity index (χ3n) is 3.39. The molecule has 0 atom stereocenters. The largest absolute Gasteiger partial charge is 0.507 e. The van der Waals surface area contributed by atoms with E-state index in [2.05, 4.69) is 5.16 Å². The van der Waals surface area contributed by atoms with Gasteiger partial charge in [-0.05, 0) is 25.1 Å². The minimum atomic E-state index is -0.118. The maximum atomic E-state index is 10.9. The van der Waals surface area contributed by atoms with E-state index in [-0.39, 0.29) is 30.3 Å². The summed E-state index contributed by atoms with van der Waals surface area (Å²) in [5.74, 6) is 0.812. The Morgan fingerprint density at radius 2 is 1.96 bits per heavy atom. The molecule has 0 saturated heterocycles. The lowest BCUT2D eigenvalue weighted by Crippen LogP contribution is -2.09. The quantitative estimate of drug-likeness (QED) is 0.463. The fourth-order valence-electron chi connectivity index (χ4n) is 2.24. The molecule has 0 saturated carbocycles. The number of hydrogen-bond acceptors (Lipinski definition) is 6. The second-order valence-electron chi connectivity index (χ2n) is 5.20. The second-order valence-corrected chi connectivity index (χ2v) is 5.20. The highest BCUT2D eigenvalue weighted by atomic mass is 16.5. The molecule has 0 aliphatic carbocycles. The summed E-state index contributed by atoms with van der Waals surface area (Å²) in [5.41, 5.74) is 1.48. The van der Waals surface area contributed by atoms with Gasteiger partial charge in [0, 0.05) is 23.6 Å². The number of ketones is 1. The highest BCUT2D eigenvalue weighted by Gasteiger charge is 2.14. The van der Waals surface area contributed by atoms with Crippen molar-refractivity contribution in [3.8, 4) is 17.2 Å². The van der Waals surface area contributed by atoms with Crippen molar-refractivity contribution in [1.82, 2.24) is 0 Å². The van der Waals surface area contributed by atoms with Crippen molar-refractivity contribution in [2.45, 2.75) is 13.3 Å². The van der Waals surface area contributed by atoms with Gasteiger partial charge >= 0.3 is 0 Å². The van der Waals surface area contributed by atoms with Crippen molar-refractivity contribution < 1.29 is 24.6 Å². The molecule has 2 rings (SSSR count). The average Bonchev–Trinajstić information content (AvgIpc) is 2.58. The minimum absolute atomic E-state index is 0.0685. The van der Waals surface area contributed by atoms with Crippen molar-refractivity contribution in [3.63, 3.8) is 0 Å². The summed E-state index contributed by atoms with van der Waals surface area (Å²) in [6.45, 7) is 1.35. The number of hydrogen-bond donors (Lipinski definition) is 2. The summed E-state index contributed by atoms with van der Waals surface area (Å²) in [6, 6.07) is 11.9. The van der Waals surface area contributed by atoms with Crippen molar-refractivity contribution >= 4 is 11.5 Å². The molecular formula is C18H19NO5. The van der Waals surface area contributed by atoms with E-state index in [0.717, 1.165) is 5.56 Å². The number of para-hydroxylation sites is 1. The van der Waals surface area contributed by atoms with E-state index in [9.17, 15) is 15.1 Å². The first-order valence-electron chi connectivity index (χ1n) is 7.33. The third-order valence-corrected chi connectivity index (χ3v) is 3.39. The summed E-state index contributed by atoms with van der Waals surface area (Å²) >= 11 is 0. The smallest absolute Gasteiger partial charge is 0.167 e. The fourth-order valence-corrected chi connectivity index (χ4v) is 2.24. The Bertz CT molecular complexity index is 755. The van der Waals surface area contributed by atoms with Gasteiger partial charge in [-0.2, -0.15) is 0 Å². The number of rotatable bonds is 7. The maximum Gasteiger partial charge on any atom is 0.167 e. The average molecular weight is 329 g/mol. The lowest BCUT2D eigenvalue weighted by molar-refractivity contribution is -0.118. The van der Waals surface area contributed by atoms with Crippen molar-refractivity contribution in [2.24, 2.45) is 5.16 Å². The van der Waals surface area contributed by atoms with Gasteiger partial charge in [0.25, 0.3) is 0 Å².